The zero-order chi connectivity index (χ0) is 5.11. The van der Waals surface area contributed by atoms with Crippen molar-refractivity contribution in [3.8, 4) is 0 Å². The highest BCUT2D eigenvalue weighted by Gasteiger charge is 1.72. The molecule has 36 valence electrons. The molecule has 0 aliphatic heterocycles. The van der Waals surface area contributed by atoms with Crippen LogP contribution in [0.5, 0.6) is 0 Å². The van der Waals surface area contributed by atoms with Gasteiger partial charge in [0.2, 0.25) is 0 Å². The molecule has 0 atom stereocenters. The summed E-state index contributed by atoms with van der Waals surface area (Å²) in [6.07, 6.45) is 1.35. The minimum atomic E-state index is -0.303. The molecular weight excluding hydrogens is 92.1 g/mol. The average molecular weight is 97.1 g/mol. The molecule has 7 heavy (non-hydrogen) atoms. The van der Waals surface area contributed by atoms with E-state index in [1.165, 1.54) is 12.3 Å². The van der Waals surface area contributed by atoms with Gasteiger partial charge in [0, 0.05) is 6.07 Å². The van der Waals surface area contributed by atoms with E-state index in [4.69, 9.17) is 0 Å². The van der Waals surface area contributed by atoms with Gasteiger partial charge in [-0.05, 0) is 6.07 Å². The fourth-order valence-electron chi connectivity index (χ4n) is 0.325. The van der Waals surface area contributed by atoms with Crippen LogP contribution in [0.15, 0.2) is 33.7 Å². The SMILES string of the molecule is O=c1cccco1.[H+]. The van der Waals surface area contributed by atoms with Crippen molar-refractivity contribution < 1.29 is 5.84 Å². The van der Waals surface area contributed by atoms with Crippen molar-refractivity contribution in [2.24, 2.45) is 0 Å². The molecule has 0 radical (unpaired) electrons. The fourth-order valence-corrected chi connectivity index (χ4v) is 0.325. The van der Waals surface area contributed by atoms with E-state index in [0.717, 1.165) is 0 Å². The number of rotatable bonds is 0. The van der Waals surface area contributed by atoms with Gasteiger partial charge in [-0.3, -0.25) is 0 Å². The van der Waals surface area contributed by atoms with Crippen LogP contribution in [0.1, 0.15) is 1.43 Å². The molecule has 1 heterocycles. The van der Waals surface area contributed by atoms with E-state index < -0.39 is 0 Å². The molecule has 0 N–H and O–H groups in total. The van der Waals surface area contributed by atoms with E-state index in [2.05, 4.69) is 4.42 Å². The first-order valence-electron chi connectivity index (χ1n) is 1.93. The molecule has 0 aliphatic carbocycles. The molecule has 1 aromatic rings. The quantitative estimate of drug-likeness (QED) is 0.478. The molecule has 2 heteroatoms. The monoisotopic (exact) mass is 97.0 g/mol. The zero-order valence-electron chi connectivity index (χ0n) is 4.63. The number of hydrogen-bond acceptors (Lipinski definition) is 2. The average Bonchev–Trinajstić information content (AvgIpc) is 1.69. The molecular formula is C5H5O2+. The predicted octanol–water partition coefficient (Wildman–Crippen LogP) is 0.752. The summed E-state index contributed by atoms with van der Waals surface area (Å²) in [6, 6.07) is 4.65. The third-order valence-corrected chi connectivity index (χ3v) is 0.606. The van der Waals surface area contributed by atoms with Crippen LogP contribution in [0.3, 0.4) is 0 Å². The highest BCUT2D eigenvalue weighted by molar-refractivity contribution is 4.85. The lowest BCUT2D eigenvalue weighted by Crippen LogP contribution is -1.90. The molecule has 0 saturated carbocycles. The molecule has 0 aliphatic rings. The summed E-state index contributed by atoms with van der Waals surface area (Å²) in [4.78, 5) is 10.1. The van der Waals surface area contributed by atoms with Crippen LogP contribution < -0.4 is 5.63 Å². The maximum Gasteiger partial charge on any atom is 1.00 e. The fraction of sp³-hybridized carbons (Fsp3) is 0. The van der Waals surface area contributed by atoms with E-state index in [9.17, 15) is 4.79 Å². The van der Waals surface area contributed by atoms with E-state index in [1.807, 2.05) is 0 Å². The molecule has 0 unspecified atom stereocenters. The van der Waals surface area contributed by atoms with Crippen LogP contribution in [-0.2, 0) is 0 Å². The van der Waals surface area contributed by atoms with Crippen LogP contribution in [-0.4, -0.2) is 0 Å². The van der Waals surface area contributed by atoms with Gasteiger partial charge in [0.25, 0.3) is 0 Å². The smallest absolute Gasteiger partial charge is 0.431 e. The van der Waals surface area contributed by atoms with E-state index in [0.29, 0.717) is 0 Å². The van der Waals surface area contributed by atoms with Crippen LogP contribution in [0, 0.1) is 0 Å². The molecule has 0 aromatic carbocycles. The first-order chi connectivity index (χ1) is 3.39. The third-order valence-electron chi connectivity index (χ3n) is 0.606. The van der Waals surface area contributed by atoms with E-state index in [1.54, 1.807) is 12.1 Å². The second kappa shape index (κ2) is 1.60. The summed E-state index contributed by atoms with van der Waals surface area (Å²) in [5, 5.41) is 0. The Morgan fingerprint density at radius 2 is 2.43 bits per heavy atom. The lowest BCUT2D eigenvalue weighted by atomic mass is 10.5. The summed E-state index contributed by atoms with van der Waals surface area (Å²) in [5.41, 5.74) is -0.303. The topological polar surface area (TPSA) is 30.2 Å². The van der Waals surface area contributed by atoms with Gasteiger partial charge in [-0.2, -0.15) is 0 Å². The maximum absolute atomic E-state index is 10.1. The Morgan fingerprint density at radius 3 is 2.71 bits per heavy atom. The van der Waals surface area contributed by atoms with Gasteiger partial charge in [-0.25, -0.2) is 4.79 Å². The van der Waals surface area contributed by atoms with Crippen molar-refractivity contribution in [2.45, 2.75) is 0 Å². The highest BCUT2D eigenvalue weighted by Crippen LogP contribution is 1.72. The van der Waals surface area contributed by atoms with Crippen molar-refractivity contribution in [2.75, 3.05) is 0 Å². The second-order valence-electron chi connectivity index (χ2n) is 1.12. The predicted molar refractivity (Wildman–Crippen MR) is 26.1 cm³/mol. The third kappa shape index (κ3) is 0.892. The van der Waals surface area contributed by atoms with E-state index >= 15 is 0 Å². The molecule has 0 fully saturated rings. The van der Waals surface area contributed by atoms with Crippen molar-refractivity contribution in [3.05, 3.63) is 34.9 Å². The Balaban J connectivity index is 0.000000490. The molecule has 1 rings (SSSR count). The van der Waals surface area contributed by atoms with Crippen molar-refractivity contribution in [3.63, 3.8) is 0 Å². The normalized spacial score (nSPS) is 8.57. The van der Waals surface area contributed by atoms with Gasteiger partial charge < -0.3 is 4.42 Å². The summed E-state index contributed by atoms with van der Waals surface area (Å²) in [7, 11) is 0. The standard InChI is InChI=1S/C5H4O2/c6-5-3-1-2-4-7-5/h1-4H/p+1. The second-order valence-corrected chi connectivity index (χ2v) is 1.12. The van der Waals surface area contributed by atoms with Gasteiger partial charge in [-0.15, -0.1) is 0 Å². The van der Waals surface area contributed by atoms with Gasteiger partial charge in [-0.1, -0.05) is 6.07 Å². The summed E-state index contributed by atoms with van der Waals surface area (Å²) in [6.45, 7) is 0. The van der Waals surface area contributed by atoms with Gasteiger partial charge >= 0.3 is 7.05 Å². The summed E-state index contributed by atoms with van der Waals surface area (Å²) in [5.74, 6) is 0. The maximum atomic E-state index is 10.1. The van der Waals surface area contributed by atoms with Crippen molar-refractivity contribution in [1.29, 1.82) is 0 Å². The Morgan fingerprint density at radius 1 is 1.57 bits per heavy atom. The van der Waals surface area contributed by atoms with Gasteiger partial charge in [0.1, 0.15) is 0 Å². The van der Waals surface area contributed by atoms with Crippen LogP contribution in [0.25, 0.3) is 0 Å². The van der Waals surface area contributed by atoms with Crippen LogP contribution in [0.4, 0.5) is 0 Å². The van der Waals surface area contributed by atoms with Crippen molar-refractivity contribution in [1.82, 2.24) is 0 Å². The Kier molecular flexibility index (Phi) is 0.941. The van der Waals surface area contributed by atoms with Crippen molar-refractivity contribution >= 4 is 0 Å². The van der Waals surface area contributed by atoms with Gasteiger partial charge in [0.05, 0.1) is 6.26 Å². The molecule has 0 saturated heterocycles. The van der Waals surface area contributed by atoms with Gasteiger partial charge in [0.15, 0.2) is 0 Å². The van der Waals surface area contributed by atoms with E-state index in [-0.39, 0.29) is 7.05 Å². The molecule has 2 nitrogen and oxygen atoms in total. The number of hydrogen-bond donors (Lipinski definition) is 0. The lowest BCUT2D eigenvalue weighted by molar-refractivity contribution is 0.511. The highest BCUT2D eigenvalue weighted by atomic mass is 16.4. The summed E-state index contributed by atoms with van der Waals surface area (Å²) < 4.78 is 4.37. The Bertz CT molecular complexity index is 176. The Hall–Kier alpha value is -1.05. The molecule has 0 amide bonds. The lowest BCUT2D eigenvalue weighted by Gasteiger charge is -1.72. The van der Waals surface area contributed by atoms with Crippen LogP contribution >= 0.6 is 0 Å². The summed E-state index contributed by atoms with van der Waals surface area (Å²) >= 11 is 0. The Labute approximate surface area is 41.9 Å². The van der Waals surface area contributed by atoms with Crippen LogP contribution in [0.2, 0.25) is 0 Å². The first kappa shape index (κ1) is 4.12. The molecule has 1 aromatic heterocycles. The minimum absolute atomic E-state index is 0. The minimum Gasteiger partial charge on any atom is -0.431 e. The molecule has 0 spiro atoms. The largest absolute Gasteiger partial charge is 1.00 e. The molecule has 0 bridgehead atoms. The zero-order valence-corrected chi connectivity index (χ0v) is 3.63. The first-order valence-corrected chi connectivity index (χ1v) is 1.93.